The van der Waals surface area contributed by atoms with Crippen molar-refractivity contribution in [2.75, 3.05) is 7.11 Å². The van der Waals surface area contributed by atoms with E-state index in [1.807, 2.05) is 24.3 Å². The van der Waals surface area contributed by atoms with E-state index in [9.17, 15) is 14.4 Å². The van der Waals surface area contributed by atoms with E-state index in [0.29, 0.717) is 5.70 Å². The third-order valence-electron chi connectivity index (χ3n) is 4.92. The zero-order chi connectivity index (χ0) is 26.1. The minimum Gasteiger partial charge on any atom is -0.467 e. The molecular formula is C26H38N2O6. The third kappa shape index (κ3) is 6.98. The van der Waals surface area contributed by atoms with Gasteiger partial charge in [0.15, 0.2) is 6.04 Å². The topological polar surface area (TPSA) is 85.4 Å². The minimum absolute atomic E-state index is 0.00886. The van der Waals surface area contributed by atoms with Crippen molar-refractivity contribution < 1.29 is 28.6 Å². The van der Waals surface area contributed by atoms with Gasteiger partial charge in [-0.2, -0.15) is 10.0 Å². The predicted molar refractivity (Wildman–Crippen MR) is 130 cm³/mol. The lowest BCUT2D eigenvalue weighted by atomic mass is 9.86. The molecule has 1 aromatic rings. The van der Waals surface area contributed by atoms with E-state index >= 15 is 0 Å². The lowest BCUT2D eigenvalue weighted by Crippen LogP contribution is -2.53. The van der Waals surface area contributed by atoms with Gasteiger partial charge in [-0.3, -0.25) is 0 Å². The van der Waals surface area contributed by atoms with Gasteiger partial charge in [-0.1, -0.05) is 45.0 Å². The minimum atomic E-state index is -1.08. The fourth-order valence-electron chi connectivity index (χ4n) is 3.39. The van der Waals surface area contributed by atoms with Gasteiger partial charge in [-0.15, -0.1) is 0 Å². The summed E-state index contributed by atoms with van der Waals surface area (Å²) >= 11 is 0. The van der Waals surface area contributed by atoms with Gasteiger partial charge in [0.2, 0.25) is 0 Å². The van der Waals surface area contributed by atoms with Crippen LogP contribution >= 0.6 is 0 Å². The van der Waals surface area contributed by atoms with Crippen LogP contribution in [0, 0.1) is 0 Å². The summed E-state index contributed by atoms with van der Waals surface area (Å²) in [7, 11) is 1.24. The molecule has 1 aliphatic heterocycles. The second-order valence-corrected chi connectivity index (χ2v) is 11.4. The molecular weight excluding hydrogens is 436 g/mol. The first-order valence-electron chi connectivity index (χ1n) is 11.4. The van der Waals surface area contributed by atoms with Gasteiger partial charge in [0, 0.05) is 6.42 Å². The molecule has 188 valence electrons. The molecule has 1 atom stereocenters. The van der Waals surface area contributed by atoms with Crippen LogP contribution in [0.3, 0.4) is 0 Å². The van der Waals surface area contributed by atoms with Crippen molar-refractivity contribution in [3.05, 3.63) is 41.1 Å². The number of ether oxygens (including phenoxy) is 3. The summed E-state index contributed by atoms with van der Waals surface area (Å²) in [5, 5.41) is 2.07. The van der Waals surface area contributed by atoms with Gasteiger partial charge in [-0.05, 0) is 64.2 Å². The summed E-state index contributed by atoms with van der Waals surface area (Å²) < 4.78 is 16.0. The van der Waals surface area contributed by atoms with E-state index < -0.39 is 35.4 Å². The molecule has 0 unspecified atom stereocenters. The normalized spacial score (nSPS) is 18.2. The van der Waals surface area contributed by atoms with Crippen LogP contribution in [0.5, 0.6) is 0 Å². The molecule has 0 saturated carbocycles. The van der Waals surface area contributed by atoms with Crippen molar-refractivity contribution in [2.45, 2.75) is 91.4 Å². The molecule has 1 aromatic carbocycles. The number of methoxy groups -OCH3 is 1. The molecule has 34 heavy (non-hydrogen) atoms. The average molecular weight is 475 g/mol. The molecule has 0 spiro atoms. The van der Waals surface area contributed by atoms with Crippen molar-refractivity contribution in [1.29, 1.82) is 0 Å². The number of amides is 2. The van der Waals surface area contributed by atoms with Crippen molar-refractivity contribution in [1.82, 2.24) is 10.0 Å². The number of hydrogen-bond donors (Lipinski definition) is 0. The molecule has 2 rings (SSSR count). The van der Waals surface area contributed by atoms with Crippen molar-refractivity contribution >= 4 is 24.2 Å². The average Bonchev–Trinajstić information content (AvgIpc) is 3.04. The largest absolute Gasteiger partial charge is 0.467 e. The summed E-state index contributed by atoms with van der Waals surface area (Å²) in [6.45, 7) is 16.7. The van der Waals surface area contributed by atoms with Gasteiger partial charge in [0.25, 0.3) is 0 Å². The van der Waals surface area contributed by atoms with Gasteiger partial charge in [0.05, 0.1) is 12.8 Å². The summed E-state index contributed by atoms with van der Waals surface area (Å²) in [6, 6.07) is 6.83. The Morgan fingerprint density at radius 2 is 1.35 bits per heavy atom. The predicted octanol–water partition coefficient (Wildman–Crippen LogP) is 5.66. The fourth-order valence-corrected chi connectivity index (χ4v) is 3.39. The highest BCUT2D eigenvalue weighted by Crippen LogP contribution is 2.34. The van der Waals surface area contributed by atoms with E-state index in [2.05, 4.69) is 20.8 Å². The molecule has 8 nitrogen and oxygen atoms in total. The molecule has 2 amide bonds. The number of benzene rings is 1. The van der Waals surface area contributed by atoms with Crippen LogP contribution in [-0.2, 0) is 24.4 Å². The number of nitrogens with zero attached hydrogens (tertiary/aromatic N) is 2. The van der Waals surface area contributed by atoms with Gasteiger partial charge >= 0.3 is 18.2 Å². The van der Waals surface area contributed by atoms with Crippen molar-refractivity contribution in [3.8, 4) is 0 Å². The van der Waals surface area contributed by atoms with Crippen molar-refractivity contribution in [3.63, 3.8) is 0 Å². The fraction of sp³-hybridized carbons (Fsp3) is 0.577. The molecule has 0 aliphatic carbocycles. The van der Waals surface area contributed by atoms with E-state index in [1.54, 1.807) is 47.6 Å². The molecule has 1 heterocycles. The number of esters is 1. The van der Waals surface area contributed by atoms with Crippen LogP contribution in [0.1, 0.15) is 79.9 Å². The van der Waals surface area contributed by atoms with Crippen LogP contribution in [0.25, 0.3) is 6.08 Å². The SMILES string of the molecule is COC(=O)[C@H]1C/C(=C/c2ccc(C(C)(C)C)cc2)N(C(=O)OC(C)(C)C)N1C(=O)OC(C)(C)C. The maximum atomic E-state index is 13.2. The quantitative estimate of drug-likeness (QED) is 0.406. The first kappa shape index (κ1) is 27.2. The maximum absolute atomic E-state index is 13.2. The molecule has 0 radical (unpaired) electrons. The molecule has 1 saturated heterocycles. The highest BCUT2D eigenvalue weighted by atomic mass is 16.6. The van der Waals surface area contributed by atoms with Crippen LogP contribution < -0.4 is 0 Å². The number of carbonyl (C=O) groups excluding carboxylic acids is 3. The summed E-state index contributed by atoms with van der Waals surface area (Å²) in [6.07, 6.45) is 0.186. The summed E-state index contributed by atoms with van der Waals surface area (Å²) in [4.78, 5) is 39.0. The Morgan fingerprint density at radius 3 is 1.79 bits per heavy atom. The third-order valence-corrected chi connectivity index (χ3v) is 4.92. The van der Waals surface area contributed by atoms with Crippen molar-refractivity contribution in [2.24, 2.45) is 0 Å². The van der Waals surface area contributed by atoms with Gasteiger partial charge in [0.1, 0.15) is 11.2 Å². The smallest absolute Gasteiger partial charge is 0.434 e. The van der Waals surface area contributed by atoms with Crippen LogP contribution in [0.4, 0.5) is 9.59 Å². The molecule has 1 fully saturated rings. The first-order valence-corrected chi connectivity index (χ1v) is 11.4. The molecule has 0 bridgehead atoms. The van der Waals surface area contributed by atoms with Crippen LogP contribution in [-0.4, -0.2) is 52.5 Å². The maximum Gasteiger partial charge on any atom is 0.434 e. The summed E-state index contributed by atoms with van der Waals surface area (Å²) in [5.74, 6) is -0.661. The standard InChI is InChI=1S/C26H38N2O6/c1-24(2,3)18-13-11-17(12-14-18)15-19-16-20(21(29)32-10)28(23(31)34-26(7,8)9)27(19)22(30)33-25(4,5)6/h11-15,20H,16H2,1-10H3/b19-15-/t20-/m1/s1. The number of hydrogen-bond acceptors (Lipinski definition) is 6. The second-order valence-electron chi connectivity index (χ2n) is 11.4. The Morgan fingerprint density at radius 1 is 0.853 bits per heavy atom. The van der Waals surface area contributed by atoms with Gasteiger partial charge < -0.3 is 14.2 Å². The van der Waals surface area contributed by atoms with E-state index in [1.165, 1.54) is 7.11 Å². The Bertz CT molecular complexity index is 945. The molecule has 0 N–H and O–H groups in total. The lowest BCUT2D eigenvalue weighted by molar-refractivity contribution is -0.149. The molecule has 0 aromatic heterocycles. The second kappa shape index (κ2) is 9.68. The Hall–Kier alpha value is -3.03. The van der Waals surface area contributed by atoms with Crippen LogP contribution in [0.15, 0.2) is 30.0 Å². The van der Waals surface area contributed by atoms with E-state index in [0.717, 1.165) is 21.1 Å². The van der Waals surface area contributed by atoms with Gasteiger partial charge in [-0.25, -0.2) is 14.4 Å². The Kier molecular flexibility index (Phi) is 7.75. The molecule has 8 heteroatoms. The molecule has 1 aliphatic rings. The Balaban J connectivity index is 2.57. The zero-order valence-corrected chi connectivity index (χ0v) is 22.0. The highest BCUT2D eigenvalue weighted by molar-refractivity contribution is 5.87. The summed E-state index contributed by atoms with van der Waals surface area (Å²) in [5.41, 5.74) is 0.718. The van der Waals surface area contributed by atoms with Crippen LogP contribution in [0.2, 0.25) is 0 Å². The number of carbonyl (C=O) groups is 3. The number of rotatable bonds is 2. The first-order chi connectivity index (χ1) is 15.4. The number of hydrazine groups is 1. The Labute approximate surface area is 202 Å². The highest BCUT2D eigenvalue weighted by Gasteiger charge is 2.49. The van der Waals surface area contributed by atoms with E-state index in [-0.39, 0.29) is 11.8 Å². The zero-order valence-electron chi connectivity index (χ0n) is 22.0. The van der Waals surface area contributed by atoms with E-state index in [4.69, 9.17) is 14.2 Å². The monoisotopic (exact) mass is 474 g/mol. The lowest BCUT2D eigenvalue weighted by Gasteiger charge is -2.33.